The maximum absolute atomic E-state index is 6.53. The van der Waals surface area contributed by atoms with Crippen LogP contribution in [0.4, 0.5) is 0 Å². The van der Waals surface area contributed by atoms with Gasteiger partial charge in [-0.1, -0.05) is 133 Å². The summed E-state index contributed by atoms with van der Waals surface area (Å²) in [5.41, 5.74) is 8.67. The second-order valence-electron chi connectivity index (χ2n) is 15.7. The molecule has 286 valence electrons. The molecule has 0 N–H and O–H groups in total. The van der Waals surface area contributed by atoms with Crippen molar-refractivity contribution in [3.05, 3.63) is 204 Å². The van der Waals surface area contributed by atoms with Crippen LogP contribution in [0.2, 0.25) is 0 Å². The van der Waals surface area contributed by atoms with E-state index in [2.05, 4.69) is 84.9 Å². The number of fused-ring (bicyclic) bond motifs is 7. The highest BCUT2D eigenvalue weighted by atomic mass is 16.6. The third-order valence-corrected chi connectivity index (χ3v) is 12.1. The number of rotatable bonds is 6. The Hall–Kier alpha value is -7.58. The van der Waals surface area contributed by atoms with E-state index in [1.54, 1.807) is 0 Å². The van der Waals surface area contributed by atoms with E-state index in [1.165, 1.54) is 0 Å². The molecule has 0 unspecified atom stereocenters. The molecule has 0 radical (unpaired) electrons. The Balaban J connectivity index is 1.06. The average Bonchev–Trinajstić information content (AvgIpc) is 4.16. The molecule has 1 aliphatic carbocycles. The first-order chi connectivity index (χ1) is 30.2. The highest BCUT2D eigenvalue weighted by Crippen LogP contribution is 2.56. The summed E-state index contributed by atoms with van der Waals surface area (Å²) in [7, 11) is -2.93. The summed E-state index contributed by atoms with van der Waals surface area (Å²) in [4.78, 5) is 0. The molecule has 0 amide bonds. The lowest BCUT2D eigenvalue weighted by Crippen LogP contribution is -2.48. The van der Waals surface area contributed by atoms with E-state index >= 15 is 0 Å². The molecular formula is C49H30B4O8. The molecule has 4 heterocycles. The third kappa shape index (κ3) is 5.31. The first-order valence-electron chi connectivity index (χ1n) is 20.4. The molecule has 13 rings (SSSR count). The van der Waals surface area contributed by atoms with Gasteiger partial charge in [0.2, 0.25) is 0 Å². The van der Waals surface area contributed by atoms with Gasteiger partial charge in [-0.3, -0.25) is 0 Å². The maximum Gasteiger partial charge on any atom is 0.632 e. The second kappa shape index (κ2) is 13.2. The molecule has 0 atom stereocenters. The van der Waals surface area contributed by atoms with E-state index < -0.39 is 33.9 Å². The Kier molecular flexibility index (Phi) is 7.43. The van der Waals surface area contributed by atoms with Crippen LogP contribution in [-0.2, 0) is 5.41 Å². The van der Waals surface area contributed by atoms with Crippen molar-refractivity contribution in [2.45, 2.75) is 5.41 Å². The fourth-order valence-electron chi connectivity index (χ4n) is 9.50. The zero-order valence-electron chi connectivity index (χ0n) is 32.4. The van der Waals surface area contributed by atoms with E-state index in [9.17, 15) is 0 Å². The second-order valence-corrected chi connectivity index (χ2v) is 15.7. The van der Waals surface area contributed by atoms with E-state index in [0.29, 0.717) is 46.0 Å². The van der Waals surface area contributed by atoms with Gasteiger partial charge in [0.1, 0.15) is 46.0 Å². The first-order valence-corrected chi connectivity index (χ1v) is 20.4. The lowest BCUT2D eigenvalue weighted by Gasteiger charge is -2.35. The zero-order chi connectivity index (χ0) is 40.1. The van der Waals surface area contributed by atoms with Gasteiger partial charge >= 0.3 is 28.5 Å². The number of hydrogen-bond donors (Lipinski definition) is 0. The predicted molar refractivity (Wildman–Crippen MR) is 236 cm³/mol. The van der Waals surface area contributed by atoms with Crippen molar-refractivity contribution in [2.75, 3.05) is 0 Å². The van der Waals surface area contributed by atoms with Gasteiger partial charge in [-0.05, 0) is 81.9 Å². The van der Waals surface area contributed by atoms with E-state index in [4.69, 9.17) is 37.2 Å². The highest BCUT2D eigenvalue weighted by Gasteiger charge is 2.50. The van der Waals surface area contributed by atoms with Gasteiger partial charge < -0.3 is 37.2 Å². The van der Waals surface area contributed by atoms with Crippen molar-refractivity contribution in [2.24, 2.45) is 0 Å². The standard InChI is InChI=1S/C49H30B4O8/c1-3-15-39-37(13-1)38-14-2-4-16-40(38)49(39,31-25-33(50-54-41-17-5-6-18-42(41)55-50)29-34(26-31)51-56-43-19-7-8-20-44(43)57-51)32-27-35(52-58-45-21-9-10-22-46(45)59-52)30-36(28-32)53-60-47-23-11-12-24-48(47)61-53/h1-30H. The largest absolute Gasteiger partial charge is 0.632 e. The number of benzene rings is 8. The molecule has 8 aromatic rings. The Bertz CT molecular complexity index is 2630. The molecule has 8 aromatic carbocycles. The summed E-state index contributed by atoms with van der Waals surface area (Å²) in [6.45, 7) is 0. The highest BCUT2D eigenvalue weighted by molar-refractivity contribution is 6.68. The van der Waals surface area contributed by atoms with E-state index in [0.717, 1.165) is 55.2 Å². The van der Waals surface area contributed by atoms with Crippen LogP contribution < -0.4 is 59.1 Å². The van der Waals surface area contributed by atoms with Crippen molar-refractivity contribution >= 4 is 50.3 Å². The summed E-state index contributed by atoms with van der Waals surface area (Å²) >= 11 is 0. The quantitative estimate of drug-likeness (QED) is 0.172. The molecule has 0 saturated heterocycles. The molecule has 12 heteroatoms. The summed E-state index contributed by atoms with van der Waals surface area (Å²) in [5, 5.41) is 0. The lowest BCUT2D eigenvalue weighted by atomic mass is 9.61. The van der Waals surface area contributed by atoms with Crippen LogP contribution in [0.15, 0.2) is 182 Å². The molecule has 61 heavy (non-hydrogen) atoms. The van der Waals surface area contributed by atoms with Gasteiger partial charge in [-0.25, -0.2) is 0 Å². The molecule has 0 spiro atoms. The molecular weight excluding hydrogens is 760 g/mol. The minimum Gasteiger partial charge on any atom is -0.519 e. The Morgan fingerprint density at radius 3 is 0.754 bits per heavy atom. The molecule has 4 aliphatic heterocycles. The number of hydrogen-bond acceptors (Lipinski definition) is 8. The van der Waals surface area contributed by atoms with Crippen LogP contribution in [0.3, 0.4) is 0 Å². The van der Waals surface area contributed by atoms with Crippen LogP contribution >= 0.6 is 0 Å². The van der Waals surface area contributed by atoms with Crippen molar-refractivity contribution in [3.8, 4) is 57.1 Å². The van der Waals surface area contributed by atoms with Crippen molar-refractivity contribution in [1.29, 1.82) is 0 Å². The first kappa shape index (κ1) is 34.3. The topological polar surface area (TPSA) is 73.8 Å². The minimum absolute atomic E-state index is 0.680. The van der Waals surface area contributed by atoms with Gasteiger partial charge in [-0.15, -0.1) is 0 Å². The summed E-state index contributed by atoms with van der Waals surface area (Å²) < 4.78 is 52.3. The number of para-hydroxylation sites is 8. The van der Waals surface area contributed by atoms with Gasteiger partial charge in [0.05, 0.1) is 5.41 Å². The van der Waals surface area contributed by atoms with Gasteiger partial charge in [0, 0.05) is 21.9 Å². The zero-order valence-corrected chi connectivity index (χ0v) is 32.4. The monoisotopic (exact) mass is 790 g/mol. The molecule has 0 fully saturated rings. The van der Waals surface area contributed by atoms with Crippen molar-refractivity contribution in [3.63, 3.8) is 0 Å². The Morgan fingerprint density at radius 2 is 0.492 bits per heavy atom. The normalized spacial score (nSPS) is 15.3. The average molecular weight is 790 g/mol. The van der Waals surface area contributed by atoms with Gasteiger partial charge in [0.15, 0.2) is 0 Å². The summed E-state index contributed by atoms with van der Waals surface area (Å²) in [6.07, 6.45) is 0. The Labute approximate surface area is 353 Å². The summed E-state index contributed by atoms with van der Waals surface area (Å²) in [6, 6.07) is 61.1. The van der Waals surface area contributed by atoms with Crippen molar-refractivity contribution in [1.82, 2.24) is 0 Å². The van der Waals surface area contributed by atoms with Crippen molar-refractivity contribution < 1.29 is 37.2 Å². The Morgan fingerprint density at radius 1 is 0.262 bits per heavy atom. The van der Waals surface area contributed by atoms with Crippen LogP contribution in [-0.4, -0.2) is 28.5 Å². The third-order valence-electron chi connectivity index (χ3n) is 12.1. The maximum atomic E-state index is 6.53. The van der Waals surface area contributed by atoms with E-state index in [1.807, 2.05) is 97.1 Å². The summed E-state index contributed by atoms with van der Waals surface area (Å²) in [5.74, 6) is 5.44. The lowest BCUT2D eigenvalue weighted by molar-refractivity contribution is 0.516. The van der Waals surface area contributed by atoms with Crippen LogP contribution in [0.5, 0.6) is 46.0 Å². The van der Waals surface area contributed by atoms with Crippen LogP contribution in [0, 0.1) is 0 Å². The van der Waals surface area contributed by atoms with Crippen LogP contribution in [0.1, 0.15) is 22.3 Å². The van der Waals surface area contributed by atoms with E-state index in [-0.39, 0.29) is 0 Å². The predicted octanol–water partition coefficient (Wildman–Crippen LogP) is 6.72. The smallest absolute Gasteiger partial charge is 0.519 e. The fraction of sp³-hybridized carbons (Fsp3) is 0.0204. The van der Waals surface area contributed by atoms with Gasteiger partial charge in [0.25, 0.3) is 0 Å². The fourth-order valence-corrected chi connectivity index (χ4v) is 9.50. The molecule has 5 aliphatic rings. The SMILES string of the molecule is c1ccc2c(c1)OB(c1cc(B3Oc4ccccc4O3)cc(C3(c4cc(B5Oc6ccccc6O5)cc(B5Oc6ccccc6O5)c4)c4ccccc4-c4ccccc43)c1)O2. The molecule has 0 saturated carbocycles. The molecule has 0 bridgehead atoms. The van der Waals surface area contributed by atoms with Crippen LogP contribution in [0.25, 0.3) is 11.1 Å². The van der Waals surface area contributed by atoms with Gasteiger partial charge in [-0.2, -0.15) is 0 Å². The minimum atomic E-state index is -0.920. The molecule has 8 nitrogen and oxygen atoms in total. The molecule has 0 aromatic heterocycles.